The zero-order valence-electron chi connectivity index (χ0n) is 11.6. The Hall–Kier alpha value is -1.97. The maximum atomic E-state index is 10.7. The fourth-order valence-corrected chi connectivity index (χ4v) is 2.15. The Morgan fingerprint density at radius 3 is 2.64 bits per heavy atom. The molecule has 0 radical (unpaired) electrons. The number of nitrogens with zero attached hydrogens (tertiary/aromatic N) is 3. The second kappa shape index (κ2) is 6.86. The maximum Gasteiger partial charge on any atom is 0.266 e. The quantitative estimate of drug-likeness (QED) is 0.680. The molecule has 0 fully saturated rings. The number of aryl methyl sites for hydroxylation is 1. The van der Waals surface area contributed by atoms with Crippen LogP contribution in [0.3, 0.4) is 0 Å². The molecule has 0 amide bonds. The van der Waals surface area contributed by atoms with Crippen LogP contribution in [-0.2, 0) is 10.1 Å². The first-order valence-electron chi connectivity index (χ1n) is 6.26. The molecular weight excluding hydrogens is 330 g/mol. The Morgan fingerprint density at radius 1 is 1.23 bits per heavy atom. The predicted octanol–water partition coefficient (Wildman–Crippen LogP) is 1.88. The SMILES string of the molecule is Cc1cccc(Nc2nc(Cl)nc(NCCS(=O)(=O)O)n2)c1. The molecule has 0 unspecified atom stereocenters. The van der Waals surface area contributed by atoms with Crippen LogP contribution in [0.15, 0.2) is 24.3 Å². The highest BCUT2D eigenvalue weighted by Crippen LogP contribution is 2.16. The molecule has 0 bridgehead atoms. The number of nitrogens with one attached hydrogen (secondary N) is 2. The third kappa shape index (κ3) is 5.43. The van der Waals surface area contributed by atoms with Crippen LogP contribution in [-0.4, -0.2) is 40.2 Å². The van der Waals surface area contributed by atoms with Crippen molar-refractivity contribution in [3.63, 3.8) is 0 Å². The monoisotopic (exact) mass is 343 g/mol. The van der Waals surface area contributed by atoms with E-state index < -0.39 is 15.9 Å². The fraction of sp³-hybridized carbons (Fsp3) is 0.250. The predicted molar refractivity (Wildman–Crippen MR) is 84.2 cm³/mol. The van der Waals surface area contributed by atoms with Crippen LogP contribution in [0.25, 0.3) is 0 Å². The Labute approximate surface area is 132 Å². The molecule has 118 valence electrons. The minimum atomic E-state index is -4.05. The number of hydrogen-bond acceptors (Lipinski definition) is 7. The fourth-order valence-electron chi connectivity index (χ4n) is 1.63. The van der Waals surface area contributed by atoms with Gasteiger partial charge in [0.25, 0.3) is 10.1 Å². The Bertz CT molecular complexity index is 769. The third-order valence-electron chi connectivity index (χ3n) is 2.53. The molecule has 0 saturated carbocycles. The van der Waals surface area contributed by atoms with Crippen LogP contribution in [0.2, 0.25) is 5.28 Å². The lowest BCUT2D eigenvalue weighted by Crippen LogP contribution is -2.16. The lowest BCUT2D eigenvalue weighted by molar-refractivity contribution is 0.484. The van der Waals surface area contributed by atoms with Crippen molar-refractivity contribution in [1.82, 2.24) is 15.0 Å². The summed E-state index contributed by atoms with van der Waals surface area (Å²) in [5.74, 6) is -0.129. The summed E-state index contributed by atoms with van der Waals surface area (Å²) in [7, 11) is -4.05. The summed E-state index contributed by atoms with van der Waals surface area (Å²) in [6.45, 7) is 1.90. The highest BCUT2D eigenvalue weighted by Gasteiger charge is 2.08. The first-order chi connectivity index (χ1) is 10.3. The van der Waals surface area contributed by atoms with E-state index in [1.807, 2.05) is 31.2 Å². The normalized spacial score (nSPS) is 11.2. The minimum absolute atomic E-state index is 0.0421. The van der Waals surface area contributed by atoms with Gasteiger partial charge in [-0.15, -0.1) is 0 Å². The van der Waals surface area contributed by atoms with Crippen molar-refractivity contribution in [3.05, 3.63) is 35.1 Å². The van der Waals surface area contributed by atoms with Gasteiger partial charge in [0.2, 0.25) is 17.2 Å². The van der Waals surface area contributed by atoms with Gasteiger partial charge in [0.05, 0.1) is 5.75 Å². The molecular formula is C12H14ClN5O3S. The summed E-state index contributed by atoms with van der Waals surface area (Å²) < 4.78 is 30.0. The lowest BCUT2D eigenvalue weighted by atomic mass is 10.2. The van der Waals surface area contributed by atoms with Crippen LogP contribution in [0.1, 0.15) is 5.56 Å². The molecule has 2 aromatic rings. The summed E-state index contributed by atoms with van der Waals surface area (Å²) in [5.41, 5.74) is 1.85. The third-order valence-corrected chi connectivity index (χ3v) is 3.41. The minimum Gasteiger partial charge on any atom is -0.353 e. The number of aromatic nitrogens is 3. The van der Waals surface area contributed by atoms with Gasteiger partial charge < -0.3 is 10.6 Å². The van der Waals surface area contributed by atoms with E-state index in [0.29, 0.717) is 0 Å². The Balaban J connectivity index is 2.09. The van der Waals surface area contributed by atoms with Gasteiger partial charge in [-0.25, -0.2) is 0 Å². The second-order valence-electron chi connectivity index (χ2n) is 4.46. The van der Waals surface area contributed by atoms with Crippen molar-refractivity contribution in [1.29, 1.82) is 0 Å². The molecule has 0 aliphatic rings. The van der Waals surface area contributed by atoms with Crippen LogP contribution >= 0.6 is 11.6 Å². The number of halogens is 1. The largest absolute Gasteiger partial charge is 0.353 e. The Morgan fingerprint density at radius 2 is 1.95 bits per heavy atom. The standard InChI is InChI=1S/C12H14ClN5O3S/c1-8-3-2-4-9(7-8)15-12-17-10(13)16-11(18-12)14-5-6-22(19,20)21/h2-4,7H,5-6H2,1H3,(H,19,20,21)(H2,14,15,16,17,18). The average molecular weight is 344 g/mol. The highest BCUT2D eigenvalue weighted by atomic mass is 35.5. The second-order valence-corrected chi connectivity index (χ2v) is 6.37. The number of benzene rings is 1. The average Bonchev–Trinajstić information content (AvgIpc) is 2.36. The van der Waals surface area contributed by atoms with E-state index in [-0.39, 0.29) is 23.7 Å². The zero-order chi connectivity index (χ0) is 16.2. The molecule has 0 atom stereocenters. The van der Waals surface area contributed by atoms with Crippen LogP contribution in [0.4, 0.5) is 17.6 Å². The van der Waals surface area contributed by atoms with E-state index in [1.165, 1.54) is 0 Å². The van der Waals surface area contributed by atoms with E-state index in [0.717, 1.165) is 11.3 Å². The molecule has 3 N–H and O–H groups in total. The summed E-state index contributed by atoms with van der Waals surface area (Å²) in [5, 5.41) is 5.59. The molecule has 0 spiro atoms. The van der Waals surface area contributed by atoms with Crippen molar-refractivity contribution in [2.24, 2.45) is 0 Å². The van der Waals surface area contributed by atoms with E-state index in [1.54, 1.807) is 0 Å². The number of anilines is 3. The smallest absolute Gasteiger partial charge is 0.266 e. The molecule has 1 aromatic carbocycles. The molecule has 10 heteroatoms. The highest BCUT2D eigenvalue weighted by molar-refractivity contribution is 7.85. The van der Waals surface area contributed by atoms with Gasteiger partial charge in [-0.1, -0.05) is 12.1 Å². The molecule has 0 saturated heterocycles. The van der Waals surface area contributed by atoms with Crippen molar-refractivity contribution in [3.8, 4) is 0 Å². The van der Waals surface area contributed by atoms with Gasteiger partial charge in [0, 0.05) is 12.2 Å². The van der Waals surface area contributed by atoms with Gasteiger partial charge >= 0.3 is 0 Å². The Kier molecular flexibility index (Phi) is 5.11. The van der Waals surface area contributed by atoms with E-state index in [2.05, 4.69) is 25.6 Å². The van der Waals surface area contributed by atoms with Crippen molar-refractivity contribution in [2.45, 2.75) is 6.92 Å². The van der Waals surface area contributed by atoms with Crippen molar-refractivity contribution in [2.75, 3.05) is 22.9 Å². The van der Waals surface area contributed by atoms with Crippen LogP contribution in [0, 0.1) is 6.92 Å². The summed E-state index contributed by atoms with van der Waals surface area (Å²) in [4.78, 5) is 11.8. The van der Waals surface area contributed by atoms with E-state index in [4.69, 9.17) is 16.2 Å². The maximum absolute atomic E-state index is 10.7. The lowest BCUT2D eigenvalue weighted by Gasteiger charge is -2.08. The zero-order valence-corrected chi connectivity index (χ0v) is 13.2. The first kappa shape index (κ1) is 16.4. The molecule has 0 aliphatic heterocycles. The molecule has 1 heterocycles. The first-order valence-corrected chi connectivity index (χ1v) is 8.25. The summed E-state index contributed by atoms with van der Waals surface area (Å²) in [6, 6.07) is 7.58. The molecule has 1 aromatic heterocycles. The van der Waals surface area contributed by atoms with Gasteiger partial charge in [-0.3, -0.25) is 4.55 Å². The summed E-state index contributed by atoms with van der Waals surface area (Å²) >= 11 is 5.81. The van der Waals surface area contributed by atoms with Gasteiger partial charge in [-0.2, -0.15) is 23.4 Å². The summed E-state index contributed by atoms with van der Waals surface area (Å²) in [6.07, 6.45) is 0. The van der Waals surface area contributed by atoms with E-state index >= 15 is 0 Å². The molecule has 8 nitrogen and oxygen atoms in total. The van der Waals surface area contributed by atoms with Crippen LogP contribution in [0.5, 0.6) is 0 Å². The van der Waals surface area contributed by atoms with Crippen LogP contribution < -0.4 is 10.6 Å². The molecule has 0 aliphatic carbocycles. The number of rotatable bonds is 6. The molecule has 2 rings (SSSR count). The number of hydrogen-bond donors (Lipinski definition) is 3. The van der Waals surface area contributed by atoms with Crippen molar-refractivity contribution < 1.29 is 13.0 Å². The van der Waals surface area contributed by atoms with Gasteiger partial charge in [0.1, 0.15) is 0 Å². The van der Waals surface area contributed by atoms with E-state index in [9.17, 15) is 8.42 Å². The van der Waals surface area contributed by atoms with Crippen molar-refractivity contribution >= 4 is 39.3 Å². The topological polar surface area (TPSA) is 117 Å². The van der Waals surface area contributed by atoms with Gasteiger partial charge in [-0.05, 0) is 36.2 Å². The van der Waals surface area contributed by atoms with Gasteiger partial charge in [0.15, 0.2) is 0 Å². The molecule has 22 heavy (non-hydrogen) atoms.